The second-order valence-electron chi connectivity index (χ2n) is 6.48. The largest absolute Gasteiger partial charge is 0.385 e. The van der Waals surface area contributed by atoms with E-state index >= 15 is 0 Å². The fourth-order valence-electron chi connectivity index (χ4n) is 2.96. The van der Waals surface area contributed by atoms with Crippen LogP contribution in [0.4, 0.5) is 0 Å². The third kappa shape index (κ3) is 4.69. The molecule has 0 saturated carbocycles. The van der Waals surface area contributed by atoms with Crippen molar-refractivity contribution in [2.75, 3.05) is 19.5 Å². The van der Waals surface area contributed by atoms with Gasteiger partial charge in [-0.25, -0.2) is 4.98 Å². The second-order valence-corrected chi connectivity index (χ2v) is 7.42. The molecule has 6 heteroatoms. The average molecular weight is 397 g/mol. The first-order valence-corrected chi connectivity index (χ1v) is 10.4. The molecule has 1 aromatic heterocycles. The van der Waals surface area contributed by atoms with E-state index in [1.807, 2.05) is 42.5 Å². The van der Waals surface area contributed by atoms with Gasteiger partial charge in [-0.15, -0.1) is 0 Å². The highest BCUT2D eigenvalue weighted by atomic mass is 32.2. The number of benzene rings is 2. The molecule has 0 unspecified atom stereocenters. The van der Waals surface area contributed by atoms with Gasteiger partial charge in [0.25, 0.3) is 5.56 Å². The fourth-order valence-corrected chi connectivity index (χ4v) is 3.88. The smallest absolute Gasteiger partial charge is 0.262 e. The van der Waals surface area contributed by atoms with Crippen LogP contribution >= 0.6 is 11.8 Å². The Hall–Kier alpha value is -2.44. The zero-order chi connectivity index (χ0) is 19.9. The highest BCUT2D eigenvalue weighted by Gasteiger charge is 2.14. The van der Waals surface area contributed by atoms with Gasteiger partial charge in [0, 0.05) is 25.8 Å². The maximum absolute atomic E-state index is 12.9. The molecule has 2 aromatic carbocycles. The van der Waals surface area contributed by atoms with E-state index in [0.717, 1.165) is 6.42 Å². The van der Waals surface area contributed by atoms with Gasteiger partial charge >= 0.3 is 0 Å². The number of hydrogen-bond donors (Lipinski definition) is 0. The highest BCUT2D eigenvalue weighted by Crippen LogP contribution is 2.20. The maximum atomic E-state index is 12.9. The number of fused-ring (bicyclic) bond motifs is 1. The highest BCUT2D eigenvalue weighted by molar-refractivity contribution is 7.99. The van der Waals surface area contributed by atoms with Gasteiger partial charge in [-0.2, -0.15) is 0 Å². The van der Waals surface area contributed by atoms with E-state index in [2.05, 4.69) is 11.9 Å². The number of carbonyl (C=O) groups excluding carboxylic acids is 1. The first-order valence-electron chi connectivity index (χ1n) is 9.37. The van der Waals surface area contributed by atoms with Crippen LogP contribution in [0.3, 0.4) is 0 Å². The zero-order valence-corrected chi connectivity index (χ0v) is 17.0. The summed E-state index contributed by atoms with van der Waals surface area (Å²) >= 11 is 1.31. The van der Waals surface area contributed by atoms with Crippen molar-refractivity contribution in [3.63, 3.8) is 0 Å². The lowest BCUT2D eigenvalue weighted by molar-refractivity contribution is 0.102. The Morgan fingerprint density at radius 3 is 2.61 bits per heavy atom. The molecule has 0 saturated heterocycles. The van der Waals surface area contributed by atoms with E-state index in [0.29, 0.717) is 41.2 Å². The Kier molecular flexibility index (Phi) is 7.01. The molecule has 3 aromatic rings. The van der Waals surface area contributed by atoms with Gasteiger partial charge in [-0.3, -0.25) is 14.2 Å². The van der Waals surface area contributed by atoms with Crippen molar-refractivity contribution in [3.8, 4) is 0 Å². The molecule has 1 heterocycles. The van der Waals surface area contributed by atoms with Gasteiger partial charge in [0.15, 0.2) is 10.9 Å². The van der Waals surface area contributed by atoms with Gasteiger partial charge in [0.2, 0.25) is 0 Å². The summed E-state index contributed by atoms with van der Waals surface area (Å²) in [7, 11) is 1.64. The Bertz CT molecular complexity index is 1010. The molecular formula is C22H24N2O3S. The first kappa shape index (κ1) is 20.3. The monoisotopic (exact) mass is 396 g/mol. The maximum Gasteiger partial charge on any atom is 0.262 e. The Balaban J connectivity index is 1.84. The van der Waals surface area contributed by atoms with Crippen LogP contribution in [0.15, 0.2) is 58.5 Å². The number of ether oxygens (including phenoxy) is 1. The molecule has 28 heavy (non-hydrogen) atoms. The van der Waals surface area contributed by atoms with Crippen molar-refractivity contribution in [1.29, 1.82) is 0 Å². The SMILES string of the molecule is CCc1ccc(C(=O)CSc2nc3ccccc3c(=O)n2CCCOC)cc1. The third-order valence-corrected chi connectivity index (χ3v) is 5.55. The van der Waals surface area contributed by atoms with Gasteiger partial charge in [-0.05, 0) is 30.5 Å². The van der Waals surface area contributed by atoms with Crippen LogP contribution in [0.2, 0.25) is 0 Å². The Morgan fingerprint density at radius 2 is 1.89 bits per heavy atom. The number of ketones is 1. The minimum absolute atomic E-state index is 0.0264. The van der Waals surface area contributed by atoms with Gasteiger partial charge in [0.05, 0.1) is 16.7 Å². The average Bonchev–Trinajstić information content (AvgIpc) is 2.74. The fraction of sp³-hybridized carbons (Fsp3) is 0.318. The molecular weight excluding hydrogens is 372 g/mol. The molecule has 0 N–H and O–H groups in total. The van der Waals surface area contributed by atoms with E-state index in [1.165, 1.54) is 17.3 Å². The molecule has 0 radical (unpaired) electrons. The van der Waals surface area contributed by atoms with Crippen LogP contribution in [0, 0.1) is 0 Å². The Morgan fingerprint density at radius 1 is 1.14 bits per heavy atom. The second kappa shape index (κ2) is 9.66. The first-order chi connectivity index (χ1) is 13.6. The molecule has 0 atom stereocenters. The van der Waals surface area contributed by atoms with E-state index in [4.69, 9.17) is 4.74 Å². The van der Waals surface area contributed by atoms with Crippen molar-refractivity contribution < 1.29 is 9.53 Å². The van der Waals surface area contributed by atoms with Crippen molar-refractivity contribution in [3.05, 3.63) is 70.0 Å². The normalized spacial score (nSPS) is 11.1. The molecule has 0 spiro atoms. The lowest BCUT2D eigenvalue weighted by Crippen LogP contribution is -2.24. The number of nitrogens with zero attached hydrogens (tertiary/aromatic N) is 2. The van der Waals surface area contributed by atoms with Crippen LogP contribution in [0.5, 0.6) is 0 Å². The summed E-state index contributed by atoms with van der Waals surface area (Å²) in [5.74, 6) is 0.263. The quantitative estimate of drug-likeness (QED) is 0.237. The molecule has 3 rings (SSSR count). The number of Topliss-reactive ketones (excluding diaryl/α,β-unsaturated/α-hetero) is 1. The van der Waals surface area contributed by atoms with Gasteiger partial charge < -0.3 is 4.74 Å². The predicted octanol–water partition coefficient (Wildman–Crippen LogP) is 3.97. The molecule has 0 amide bonds. The minimum Gasteiger partial charge on any atom is -0.385 e. The summed E-state index contributed by atoms with van der Waals surface area (Å²) in [6, 6.07) is 15.0. The minimum atomic E-state index is -0.0797. The van der Waals surface area contributed by atoms with Crippen LogP contribution < -0.4 is 5.56 Å². The number of thioether (sulfide) groups is 1. The summed E-state index contributed by atoms with van der Waals surface area (Å²) < 4.78 is 6.76. The molecule has 5 nitrogen and oxygen atoms in total. The lowest BCUT2D eigenvalue weighted by atomic mass is 10.1. The number of aromatic nitrogens is 2. The molecule has 0 aliphatic heterocycles. The van der Waals surface area contributed by atoms with Crippen molar-refractivity contribution >= 4 is 28.4 Å². The number of carbonyl (C=O) groups is 1. The molecule has 0 bridgehead atoms. The molecule has 0 aliphatic rings. The number of hydrogen-bond acceptors (Lipinski definition) is 5. The van der Waals surface area contributed by atoms with Crippen LogP contribution in [0.25, 0.3) is 10.9 Å². The van der Waals surface area contributed by atoms with Crippen molar-refractivity contribution in [2.24, 2.45) is 0 Å². The standard InChI is InChI=1S/C22H24N2O3S/c1-3-16-9-11-17(12-10-16)20(25)15-28-22-23-19-8-5-4-7-18(19)21(26)24(22)13-6-14-27-2/h4-5,7-12H,3,6,13-15H2,1-2H3. The Labute approximate surface area is 168 Å². The van der Waals surface area contributed by atoms with Crippen molar-refractivity contribution in [1.82, 2.24) is 9.55 Å². The van der Waals surface area contributed by atoms with E-state index < -0.39 is 0 Å². The topological polar surface area (TPSA) is 61.2 Å². The summed E-state index contributed by atoms with van der Waals surface area (Å²) in [4.78, 5) is 30.1. The third-order valence-electron chi connectivity index (χ3n) is 4.57. The zero-order valence-electron chi connectivity index (χ0n) is 16.2. The number of rotatable bonds is 9. The van der Waals surface area contributed by atoms with E-state index in [9.17, 15) is 9.59 Å². The van der Waals surface area contributed by atoms with Gasteiger partial charge in [0.1, 0.15) is 0 Å². The molecule has 0 aliphatic carbocycles. The summed E-state index contributed by atoms with van der Waals surface area (Å²) in [6.07, 6.45) is 1.65. The summed E-state index contributed by atoms with van der Waals surface area (Å²) in [5.41, 5.74) is 2.45. The van der Waals surface area contributed by atoms with Crippen LogP contribution in [-0.4, -0.2) is 34.8 Å². The number of para-hydroxylation sites is 1. The van der Waals surface area contributed by atoms with E-state index in [1.54, 1.807) is 17.7 Å². The summed E-state index contributed by atoms with van der Waals surface area (Å²) in [5, 5.41) is 1.16. The predicted molar refractivity (Wildman–Crippen MR) is 113 cm³/mol. The number of methoxy groups -OCH3 is 1. The van der Waals surface area contributed by atoms with E-state index in [-0.39, 0.29) is 17.1 Å². The number of aryl methyl sites for hydroxylation is 1. The van der Waals surface area contributed by atoms with Crippen LogP contribution in [-0.2, 0) is 17.7 Å². The van der Waals surface area contributed by atoms with Crippen molar-refractivity contribution in [2.45, 2.75) is 31.5 Å². The lowest BCUT2D eigenvalue weighted by Gasteiger charge is -2.13. The van der Waals surface area contributed by atoms with Crippen LogP contribution in [0.1, 0.15) is 29.3 Å². The van der Waals surface area contributed by atoms with Gasteiger partial charge in [-0.1, -0.05) is 55.1 Å². The summed E-state index contributed by atoms with van der Waals surface area (Å²) in [6.45, 7) is 3.15. The molecule has 146 valence electrons. The molecule has 0 fully saturated rings.